The van der Waals surface area contributed by atoms with Crippen molar-refractivity contribution in [2.24, 2.45) is 5.10 Å². The summed E-state index contributed by atoms with van der Waals surface area (Å²) in [7, 11) is 0. The summed E-state index contributed by atoms with van der Waals surface area (Å²) in [5, 5.41) is 9.34. The minimum absolute atomic E-state index is 0.102. The number of hydrogen-bond acceptors (Lipinski definition) is 5. The maximum atomic E-state index is 12.3. The first kappa shape index (κ1) is 19.3. The van der Waals surface area contributed by atoms with Crippen LogP contribution in [-0.2, 0) is 4.79 Å². The molecule has 0 saturated heterocycles. The number of carbonyl (C=O) groups is 1. The SMILES string of the molecule is Cc1nn(-c2cccc(Cl)c2)c(Cl)c1C=NNC(=O)C1COc2ccccc2O1. The molecule has 2 aromatic carbocycles. The predicted octanol–water partition coefficient (Wildman–Crippen LogP) is 3.78. The summed E-state index contributed by atoms with van der Waals surface area (Å²) in [6.07, 6.45) is 0.647. The Hall–Kier alpha value is -3.03. The first-order valence-corrected chi connectivity index (χ1v) is 9.51. The summed E-state index contributed by atoms with van der Waals surface area (Å²) < 4.78 is 12.7. The number of carbonyl (C=O) groups excluding carboxylic acids is 1. The van der Waals surface area contributed by atoms with Gasteiger partial charge in [0.15, 0.2) is 11.5 Å². The van der Waals surface area contributed by atoms with Crippen LogP contribution in [0.3, 0.4) is 0 Å². The van der Waals surface area contributed by atoms with Crippen molar-refractivity contribution in [3.8, 4) is 17.2 Å². The van der Waals surface area contributed by atoms with E-state index in [1.54, 1.807) is 35.9 Å². The molecule has 1 amide bonds. The van der Waals surface area contributed by atoms with Gasteiger partial charge in [0.2, 0.25) is 6.10 Å². The molecule has 1 aliphatic heterocycles. The lowest BCUT2D eigenvalue weighted by atomic mass is 10.2. The first-order valence-electron chi connectivity index (χ1n) is 8.75. The zero-order valence-electron chi connectivity index (χ0n) is 15.3. The van der Waals surface area contributed by atoms with Crippen LogP contribution in [0.25, 0.3) is 5.69 Å². The second-order valence-electron chi connectivity index (χ2n) is 6.28. The van der Waals surface area contributed by atoms with E-state index in [1.807, 2.05) is 24.3 Å². The molecule has 9 heteroatoms. The Labute approximate surface area is 176 Å². The summed E-state index contributed by atoms with van der Waals surface area (Å²) in [5.74, 6) is 0.701. The fourth-order valence-electron chi connectivity index (χ4n) is 2.82. The maximum absolute atomic E-state index is 12.3. The third-order valence-electron chi connectivity index (χ3n) is 4.27. The minimum atomic E-state index is -0.798. The number of benzene rings is 2. The molecule has 1 aromatic heterocycles. The molecule has 1 unspecified atom stereocenters. The molecule has 0 bridgehead atoms. The van der Waals surface area contributed by atoms with Crippen molar-refractivity contribution in [3.05, 3.63) is 70.0 Å². The molecule has 0 radical (unpaired) electrons. The number of aromatic nitrogens is 2. The summed E-state index contributed by atoms with van der Waals surface area (Å²) in [6, 6.07) is 14.3. The number of nitrogens with one attached hydrogen (secondary N) is 1. The van der Waals surface area contributed by atoms with Crippen molar-refractivity contribution in [2.75, 3.05) is 6.61 Å². The van der Waals surface area contributed by atoms with E-state index in [0.29, 0.717) is 32.9 Å². The highest BCUT2D eigenvalue weighted by atomic mass is 35.5. The molecule has 1 N–H and O–H groups in total. The molecule has 148 valence electrons. The molecule has 1 aliphatic rings. The Kier molecular flexibility index (Phi) is 5.42. The molecular formula is C20H16Cl2N4O3. The van der Waals surface area contributed by atoms with Gasteiger partial charge in [0, 0.05) is 5.02 Å². The van der Waals surface area contributed by atoms with Crippen molar-refractivity contribution in [3.63, 3.8) is 0 Å². The normalized spacial score (nSPS) is 15.5. The molecule has 0 saturated carbocycles. The molecule has 2 heterocycles. The molecular weight excluding hydrogens is 415 g/mol. The number of ether oxygens (including phenoxy) is 2. The van der Waals surface area contributed by atoms with Gasteiger partial charge < -0.3 is 9.47 Å². The van der Waals surface area contributed by atoms with Crippen LogP contribution in [-0.4, -0.2) is 34.6 Å². The van der Waals surface area contributed by atoms with E-state index in [1.165, 1.54) is 6.21 Å². The number of nitrogens with zero attached hydrogens (tertiary/aromatic N) is 3. The van der Waals surface area contributed by atoms with E-state index >= 15 is 0 Å². The van der Waals surface area contributed by atoms with Crippen LogP contribution in [0.5, 0.6) is 11.5 Å². The number of amides is 1. The fraction of sp³-hybridized carbons (Fsp3) is 0.150. The van der Waals surface area contributed by atoms with Crippen molar-refractivity contribution in [1.82, 2.24) is 15.2 Å². The zero-order valence-corrected chi connectivity index (χ0v) is 16.8. The van der Waals surface area contributed by atoms with Crippen LogP contribution >= 0.6 is 23.2 Å². The molecule has 4 rings (SSSR count). The van der Waals surface area contributed by atoms with Crippen molar-refractivity contribution in [1.29, 1.82) is 0 Å². The summed E-state index contributed by atoms with van der Waals surface area (Å²) in [4.78, 5) is 12.3. The van der Waals surface area contributed by atoms with Crippen molar-refractivity contribution in [2.45, 2.75) is 13.0 Å². The third kappa shape index (κ3) is 4.06. The van der Waals surface area contributed by atoms with Gasteiger partial charge in [-0.15, -0.1) is 0 Å². The lowest BCUT2D eigenvalue weighted by molar-refractivity contribution is -0.130. The Morgan fingerprint density at radius 1 is 1.24 bits per heavy atom. The first-order chi connectivity index (χ1) is 14.0. The second-order valence-corrected chi connectivity index (χ2v) is 7.07. The molecule has 0 aliphatic carbocycles. The minimum Gasteiger partial charge on any atom is -0.485 e. The van der Waals surface area contributed by atoms with Gasteiger partial charge in [-0.25, -0.2) is 10.1 Å². The van der Waals surface area contributed by atoms with E-state index in [9.17, 15) is 4.79 Å². The Bertz CT molecular complexity index is 1100. The molecule has 7 nitrogen and oxygen atoms in total. The van der Waals surface area contributed by atoms with Crippen molar-refractivity contribution < 1.29 is 14.3 Å². The molecule has 3 aromatic rings. The zero-order chi connectivity index (χ0) is 20.4. The van der Waals surface area contributed by atoms with Gasteiger partial charge in [-0.3, -0.25) is 4.79 Å². The highest BCUT2D eigenvalue weighted by Crippen LogP contribution is 2.30. The highest BCUT2D eigenvalue weighted by Gasteiger charge is 2.27. The molecule has 0 spiro atoms. The standard InChI is InChI=1S/C20H16Cl2N4O3/c1-12-15(19(22)26(25-12)14-6-4-5-13(21)9-14)10-23-24-20(27)18-11-28-16-7-2-3-8-17(16)29-18/h2-10,18H,11H2,1H3,(H,24,27). The van der Waals surface area contributed by atoms with Gasteiger partial charge in [-0.05, 0) is 37.3 Å². The molecule has 1 atom stereocenters. The second kappa shape index (κ2) is 8.14. The van der Waals surface area contributed by atoms with Gasteiger partial charge in [0.25, 0.3) is 5.91 Å². The number of para-hydroxylation sites is 2. The van der Waals surface area contributed by atoms with Crippen LogP contribution in [0, 0.1) is 6.92 Å². The monoisotopic (exact) mass is 430 g/mol. The van der Waals surface area contributed by atoms with Gasteiger partial charge in [0.05, 0.1) is 23.2 Å². The molecule has 29 heavy (non-hydrogen) atoms. The number of rotatable bonds is 4. The third-order valence-corrected chi connectivity index (χ3v) is 4.87. The maximum Gasteiger partial charge on any atom is 0.284 e. The topological polar surface area (TPSA) is 77.7 Å². The van der Waals surface area contributed by atoms with Gasteiger partial charge in [0.1, 0.15) is 11.8 Å². The van der Waals surface area contributed by atoms with E-state index in [2.05, 4.69) is 15.6 Å². The lowest BCUT2D eigenvalue weighted by Crippen LogP contribution is -2.42. The number of hydrogen-bond donors (Lipinski definition) is 1. The van der Waals surface area contributed by atoms with Crippen LogP contribution in [0.15, 0.2) is 53.6 Å². The van der Waals surface area contributed by atoms with E-state index in [0.717, 1.165) is 5.69 Å². The van der Waals surface area contributed by atoms with Crippen LogP contribution in [0.2, 0.25) is 10.2 Å². The van der Waals surface area contributed by atoms with Crippen LogP contribution < -0.4 is 14.9 Å². The van der Waals surface area contributed by atoms with E-state index in [4.69, 9.17) is 32.7 Å². The lowest BCUT2D eigenvalue weighted by Gasteiger charge is -2.24. The average Bonchev–Trinajstić information content (AvgIpc) is 3.01. The number of fused-ring (bicyclic) bond motifs is 1. The summed E-state index contributed by atoms with van der Waals surface area (Å²) in [5.41, 5.74) is 4.41. The Morgan fingerprint density at radius 3 is 2.83 bits per heavy atom. The number of aryl methyl sites for hydroxylation is 1. The number of hydrazone groups is 1. The summed E-state index contributed by atoms with van der Waals surface area (Å²) >= 11 is 12.5. The Balaban J connectivity index is 1.45. The number of halogens is 2. The largest absolute Gasteiger partial charge is 0.485 e. The van der Waals surface area contributed by atoms with Gasteiger partial charge in [-0.1, -0.05) is 41.4 Å². The van der Waals surface area contributed by atoms with Gasteiger partial charge >= 0.3 is 0 Å². The fourth-order valence-corrected chi connectivity index (χ4v) is 3.32. The van der Waals surface area contributed by atoms with Crippen molar-refractivity contribution >= 4 is 35.3 Å². The van der Waals surface area contributed by atoms with E-state index in [-0.39, 0.29) is 6.61 Å². The van der Waals surface area contributed by atoms with Crippen LogP contribution in [0.4, 0.5) is 0 Å². The predicted molar refractivity (Wildman–Crippen MR) is 110 cm³/mol. The Morgan fingerprint density at radius 2 is 2.03 bits per heavy atom. The quantitative estimate of drug-likeness (QED) is 0.504. The van der Waals surface area contributed by atoms with E-state index < -0.39 is 12.0 Å². The summed E-state index contributed by atoms with van der Waals surface area (Å²) in [6.45, 7) is 1.90. The smallest absolute Gasteiger partial charge is 0.284 e. The average molecular weight is 431 g/mol. The molecule has 0 fully saturated rings. The van der Waals surface area contributed by atoms with Gasteiger partial charge in [-0.2, -0.15) is 10.2 Å². The van der Waals surface area contributed by atoms with Crippen LogP contribution in [0.1, 0.15) is 11.3 Å². The highest BCUT2D eigenvalue weighted by molar-refractivity contribution is 6.32.